The molecule has 102 valence electrons. The topological polar surface area (TPSA) is 75.7 Å². The second-order valence-corrected chi connectivity index (χ2v) is 4.96. The molecule has 0 aromatic carbocycles. The maximum atomic E-state index is 10.9. The molecule has 1 unspecified atom stereocenters. The van der Waals surface area contributed by atoms with Crippen molar-refractivity contribution < 1.29 is 52.0 Å². The summed E-state index contributed by atoms with van der Waals surface area (Å²) in [6.07, 6.45) is 5.92. The van der Waals surface area contributed by atoms with Gasteiger partial charge in [0.25, 0.3) is 0 Å². The Kier molecular flexibility index (Phi) is 13.9. The van der Waals surface area contributed by atoms with Gasteiger partial charge in [-0.15, -0.1) is 0 Å². The molecule has 19 heavy (non-hydrogen) atoms. The van der Waals surface area contributed by atoms with Gasteiger partial charge in [0.2, 0.25) is 0 Å². The summed E-state index contributed by atoms with van der Waals surface area (Å²) >= 11 is 0. The molecule has 7 heteroatoms. The number of hydrogen-bond donors (Lipinski definition) is 0. The molecule has 0 aromatic heterocycles. The molecule has 0 amide bonds. The first kappa shape index (κ1) is 20.9. The molecule has 0 saturated heterocycles. The zero-order valence-corrected chi connectivity index (χ0v) is 14.4. The van der Waals surface area contributed by atoms with Gasteiger partial charge in [-0.3, -0.25) is 0 Å². The first-order valence-electron chi connectivity index (χ1n) is 5.69. The van der Waals surface area contributed by atoms with Gasteiger partial charge in [0.1, 0.15) is 27.6 Å². The summed E-state index contributed by atoms with van der Waals surface area (Å²) in [6.45, 7) is 4.67. The van der Waals surface area contributed by atoms with Crippen molar-refractivity contribution in [1.82, 2.24) is 0 Å². The van der Waals surface area contributed by atoms with Gasteiger partial charge in [0.05, 0.1) is 13.2 Å². The van der Waals surface area contributed by atoms with Crippen LogP contribution in [0.1, 0.15) is 33.1 Å². The fourth-order valence-corrected chi connectivity index (χ4v) is 1.30. The molecule has 0 radical (unpaired) electrons. The van der Waals surface area contributed by atoms with Crippen LogP contribution in [-0.4, -0.2) is 31.4 Å². The summed E-state index contributed by atoms with van der Waals surface area (Å²) in [4.78, 5) is 0. The van der Waals surface area contributed by atoms with Gasteiger partial charge in [-0.2, -0.15) is 0 Å². The Balaban J connectivity index is 0. The van der Waals surface area contributed by atoms with Gasteiger partial charge in [0.15, 0.2) is 0 Å². The average Bonchev–Trinajstić information content (AvgIpc) is 2.30. The van der Waals surface area contributed by atoms with Crippen molar-refractivity contribution in [3.8, 4) is 24.1 Å². The Morgan fingerprint density at radius 1 is 1.11 bits per heavy atom. The monoisotopic (exact) mass is 296 g/mol. The summed E-state index contributed by atoms with van der Waals surface area (Å²) in [6, 6.07) is 0. The SMILES string of the molecule is CCCOC#CCC(C#COCCC)S(=O)(=O)[O-].[Na+]. The summed E-state index contributed by atoms with van der Waals surface area (Å²) in [5, 5.41) is -1.38. The van der Waals surface area contributed by atoms with E-state index in [-0.39, 0.29) is 36.0 Å². The van der Waals surface area contributed by atoms with Gasteiger partial charge >= 0.3 is 29.6 Å². The Bertz CT molecular complexity index is 438. The minimum absolute atomic E-state index is 0. The van der Waals surface area contributed by atoms with E-state index in [0.29, 0.717) is 13.2 Å². The van der Waals surface area contributed by atoms with E-state index in [2.05, 4.69) is 24.1 Å². The van der Waals surface area contributed by atoms with Crippen LogP contribution < -0.4 is 29.6 Å². The maximum Gasteiger partial charge on any atom is 1.00 e. The van der Waals surface area contributed by atoms with Crippen molar-refractivity contribution >= 4 is 10.1 Å². The normalized spacial score (nSPS) is 10.9. The Hall–Kier alpha value is -0.370. The molecule has 0 spiro atoms. The second-order valence-electron chi connectivity index (χ2n) is 3.41. The number of hydrogen-bond acceptors (Lipinski definition) is 5. The van der Waals surface area contributed by atoms with Gasteiger partial charge in [-0.05, 0) is 18.8 Å². The van der Waals surface area contributed by atoms with Crippen LogP contribution in [0.5, 0.6) is 0 Å². The van der Waals surface area contributed by atoms with Gasteiger partial charge in [-0.1, -0.05) is 19.8 Å². The predicted octanol–water partition coefficient (Wildman–Crippen LogP) is -1.93. The zero-order chi connectivity index (χ0) is 13.9. The number of rotatable bonds is 6. The molecule has 0 N–H and O–H groups in total. The summed E-state index contributed by atoms with van der Waals surface area (Å²) in [5.41, 5.74) is 0. The predicted molar refractivity (Wildman–Crippen MR) is 66.1 cm³/mol. The molecule has 0 aromatic rings. The standard InChI is InChI=1S/C12H18O5S.Na/c1-3-8-16-10-5-6-12(18(13,14)15)7-11-17-9-4-2;/h12H,3-4,6,8-9H2,1-2H3,(H,13,14,15);/q;+1/p-1. The van der Waals surface area contributed by atoms with Gasteiger partial charge in [0, 0.05) is 6.42 Å². The van der Waals surface area contributed by atoms with E-state index >= 15 is 0 Å². The van der Waals surface area contributed by atoms with Crippen LogP contribution in [0.2, 0.25) is 0 Å². The zero-order valence-electron chi connectivity index (χ0n) is 11.6. The van der Waals surface area contributed by atoms with Crippen LogP contribution in [0.4, 0.5) is 0 Å². The Morgan fingerprint density at radius 3 is 2.11 bits per heavy atom. The fourth-order valence-electron chi connectivity index (χ4n) is 0.824. The first-order chi connectivity index (χ1) is 8.52. The van der Waals surface area contributed by atoms with Gasteiger partial charge in [-0.25, -0.2) is 8.42 Å². The van der Waals surface area contributed by atoms with E-state index < -0.39 is 15.4 Å². The van der Waals surface area contributed by atoms with E-state index in [0.717, 1.165) is 12.8 Å². The minimum Gasteiger partial charge on any atom is -0.747 e. The van der Waals surface area contributed by atoms with E-state index in [4.69, 9.17) is 9.47 Å². The molecule has 0 aliphatic heterocycles. The van der Waals surface area contributed by atoms with Crippen molar-refractivity contribution in [2.45, 2.75) is 38.4 Å². The number of ether oxygens (including phenoxy) is 2. The van der Waals surface area contributed by atoms with Crippen molar-refractivity contribution in [3.05, 3.63) is 0 Å². The third-order valence-corrected chi connectivity index (χ3v) is 2.67. The smallest absolute Gasteiger partial charge is 0.747 e. The third-order valence-electron chi connectivity index (χ3n) is 1.68. The quantitative estimate of drug-likeness (QED) is 0.247. The van der Waals surface area contributed by atoms with Crippen molar-refractivity contribution in [1.29, 1.82) is 0 Å². The van der Waals surface area contributed by atoms with Gasteiger partial charge < -0.3 is 14.0 Å². The van der Waals surface area contributed by atoms with Crippen molar-refractivity contribution in [2.24, 2.45) is 0 Å². The molecule has 0 saturated carbocycles. The first-order valence-corrected chi connectivity index (χ1v) is 7.16. The molecule has 0 aliphatic rings. The Labute approximate surface area is 137 Å². The van der Waals surface area contributed by atoms with E-state index in [1.54, 1.807) is 0 Å². The summed E-state index contributed by atoms with van der Waals surface area (Å²) in [7, 11) is -4.51. The molecule has 0 fully saturated rings. The van der Waals surface area contributed by atoms with E-state index in [1.165, 1.54) is 0 Å². The van der Waals surface area contributed by atoms with Crippen molar-refractivity contribution in [2.75, 3.05) is 13.2 Å². The molecule has 0 rings (SSSR count). The molecule has 0 bridgehead atoms. The molecular weight excluding hydrogens is 279 g/mol. The van der Waals surface area contributed by atoms with Crippen LogP contribution in [-0.2, 0) is 19.6 Å². The van der Waals surface area contributed by atoms with Crippen LogP contribution in [0.3, 0.4) is 0 Å². The Morgan fingerprint density at radius 2 is 1.63 bits per heavy atom. The van der Waals surface area contributed by atoms with E-state index in [9.17, 15) is 13.0 Å². The minimum atomic E-state index is -4.51. The van der Waals surface area contributed by atoms with E-state index in [1.807, 2.05) is 13.8 Å². The van der Waals surface area contributed by atoms with Crippen LogP contribution in [0.25, 0.3) is 0 Å². The van der Waals surface area contributed by atoms with Crippen LogP contribution >= 0.6 is 0 Å². The van der Waals surface area contributed by atoms with Crippen LogP contribution in [0.15, 0.2) is 0 Å². The van der Waals surface area contributed by atoms with Crippen molar-refractivity contribution in [3.63, 3.8) is 0 Å². The maximum absolute atomic E-state index is 10.9. The third kappa shape index (κ3) is 12.4. The second kappa shape index (κ2) is 12.7. The molecular formula is C12H17NaO5S. The molecule has 5 nitrogen and oxygen atoms in total. The molecule has 0 aliphatic carbocycles. The largest absolute Gasteiger partial charge is 1.00 e. The molecule has 0 heterocycles. The summed E-state index contributed by atoms with van der Waals surface area (Å²) < 4.78 is 42.3. The molecule has 1 atom stereocenters. The van der Waals surface area contributed by atoms with Crippen LogP contribution in [0, 0.1) is 24.1 Å². The fraction of sp³-hybridized carbons (Fsp3) is 0.667. The summed E-state index contributed by atoms with van der Waals surface area (Å²) in [5.74, 6) is 4.71. The average molecular weight is 296 g/mol.